The molecule has 1 heterocycles. The number of piperidine rings is 1. The van der Waals surface area contributed by atoms with E-state index >= 15 is 0 Å². The Labute approximate surface area is 112 Å². The summed E-state index contributed by atoms with van der Waals surface area (Å²) in [7, 11) is 0. The van der Waals surface area contributed by atoms with E-state index in [9.17, 15) is 4.39 Å². The van der Waals surface area contributed by atoms with Gasteiger partial charge in [0, 0.05) is 18.7 Å². The molecular weight excluding hydrogens is 251 g/mol. The molecule has 2 atom stereocenters. The van der Waals surface area contributed by atoms with Crippen LogP contribution in [0.25, 0.3) is 0 Å². The summed E-state index contributed by atoms with van der Waals surface area (Å²) in [5.41, 5.74) is 7.38. The van der Waals surface area contributed by atoms with Crippen molar-refractivity contribution in [2.75, 3.05) is 17.2 Å². The Hall–Kier alpha value is -0.960. The van der Waals surface area contributed by atoms with Crippen LogP contribution in [0.5, 0.6) is 0 Å². The zero-order valence-corrected chi connectivity index (χ0v) is 11.1. The normalized spacial score (nSPS) is 27.3. The molecule has 2 fully saturated rings. The van der Waals surface area contributed by atoms with Gasteiger partial charge in [0.1, 0.15) is 5.82 Å². The first-order chi connectivity index (χ1) is 8.66. The van der Waals surface area contributed by atoms with Crippen LogP contribution in [-0.2, 0) is 0 Å². The van der Waals surface area contributed by atoms with Gasteiger partial charge in [0.25, 0.3) is 0 Å². The number of rotatable bonds is 1. The first-order valence-electron chi connectivity index (χ1n) is 6.68. The third-order valence-corrected chi connectivity index (χ3v) is 4.66. The molecule has 2 nitrogen and oxygen atoms in total. The highest BCUT2D eigenvalue weighted by Gasteiger charge is 2.35. The lowest BCUT2D eigenvalue weighted by Crippen LogP contribution is -2.43. The van der Waals surface area contributed by atoms with Crippen molar-refractivity contribution in [3.63, 3.8) is 0 Å². The molecule has 18 heavy (non-hydrogen) atoms. The third kappa shape index (κ3) is 1.95. The quantitative estimate of drug-likeness (QED) is 0.785. The van der Waals surface area contributed by atoms with E-state index in [2.05, 4.69) is 4.90 Å². The third-order valence-electron chi connectivity index (χ3n) is 4.37. The van der Waals surface area contributed by atoms with Crippen molar-refractivity contribution in [1.29, 1.82) is 0 Å². The molecule has 0 spiro atoms. The summed E-state index contributed by atoms with van der Waals surface area (Å²) < 4.78 is 13.4. The van der Waals surface area contributed by atoms with Gasteiger partial charge in [-0.25, -0.2) is 4.39 Å². The van der Waals surface area contributed by atoms with Gasteiger partial charge >= 0.3 is 0 Å². The number of fused-ring (bicyclic) bond motifs is 1. The van der Waals surface area contributed by atoms with Crippen LogP contribution in [-0.4, -0.2) is 12.6 Å². The van der Waals surface area contributed by atoms with Crippen molar-refractivity contribution in [3.05, 3.63) is 23.0 Å². The summed E-state index contributed by atoms with van der Waals surface area (Å²) in [6.07, 6.45) is 6.33. The smallest absolute Gasteiger partial charge is 0.143 e. The number of hydrogen-bond donors (Lipinski definition) is 1. The molecule has 2 unspecified atom stereocenters. The summed E-state index contributed by atoms with van der Waals surface area (Å²) in [6, 6.07) is 3.60. The van der Waals surface area contributed by atoms with Crippen LogP contribution in [0.2, 0.25) is 5.02 Å². The molecule has 0 amide bonds. The van der Waals surface area contributed by atoms with Crippen molar-refractivity contribution in [3.8, 4) is 0 Å². The Balaban J connectivity index is 1.96. The fourth-order valence-corrected chi connectivity index (χ4v) is 3.71. The van der Waals surface area contributed by atoms with Crippen molar-refractivity contribution in [2.45, 2.75) is 38.1 Å². The number of halogens is 2. The SMILES string of the molecule is Nc1cc(F)c(Cl)cc1N1CCCC2CCCC21. The Morgan fingerprint density at radius 2 is 2.00 bits per heavy atom. The Bertz CT molecular complexity index is 463. The number of benzene rings is 1. The van der Waals surface area contributed by atoms with E-state index in [1.165, 1.54) is 38.2 Å². The minimum Gasteiger partial charge on any atom is -0.397 e. The maximum atomic E-state index is 13.4. The van der Waals surface area contributed by atoms with Gasteiger partial charge in [-0.1, -0.05) is 18.0 Å². The minimum atomic E-state index is -0.433. The minimum absolute atomic E-state index is 0.166. The molecule has 1 saturated heterocycles. The molecule has 4 heteroatoms. The Morgan fingerprint density at radius 1 is 1.22 bits per heavy atom. The number of nitrogens with two attached hydrogens (primary N) is 1. The van der Waals surface area contributed by atoms with Crippen molar-refractivity contribution in [2.24, 2.45) is 5.92 Å². The average molecular weight is 269 g/mol. The lowest BCUT2D eigenvalue weighted by Gasteiger charge is -2.40. The van der Waals surface area contributed by atoms with Crippen molar-refractivity contribution in [1.82, 2.24) is 0 Å². The van der Waals surface area contributed by atoms with Gasteiger partial charge in [0.15, 0.2) is 0 Å². The van der Waals surface area contributed by atoms with E-state index in [0.29, 0.717) is 11.7 Å². The average Bonchev–Trinajstić information content (AvgIpc) is 2.82. The maximum absolute atomic E-state index is 13.4. The fraction of sp³-hybridized carbons (Fsp3) is 0.571. The Kier molecular flexibility index (Phi) is 3.10. The molecule has 1 aliphatic carbocycles. The first kappa shape index (κ1) is 12.1. The van der Waals surface area contributed by atoms with E-state index in [0.717, 1.165) is 18.2 Å². The van der Waals surface area contributed by atoms with Crippen LogP contribution in [0.15, 0.2) is 12.1 Å². The molecule has 98 valence electrons. The molecule has 2 N–H and O–H groups in total. The van der Waals surface area contributed by atoms with Crippen LogP contribution in [0.3, 0.4) is 0 Å². The monoisotopic (exact) mass is 268 g/mol. The van der Waals surface area contributed by atoms with Gasteiger partial charge < -0.3 is 10.6 Å². The molecule has 1 saturated carbocycles. The molecule has 2 aliphatic rings. The summed E-state index contributed by atoms with van der Waals surface area (Å²) in [6.45, 7) is 1.01. The molecule has 0 bridgehead atoms. The van der Waals surface area contributed by atoms with Crippen LogP contribution < -0.4 is 10.6 Å². The van der Waals surface area contributed by atoms with Crippen molar-refractivity contribution < 1.29 is 4.39 Å². The summed E-state index contributed by atoms with van der Waals surface area (Å²) in [5.74, 6) is 0.347. The maximum Gasteiger partial charge on any atom is 0.143 e. The summed E-state index contributed by atoms with van der Waals surface area (Å²) in [4.78, 5) is 2.35. The predicted octanol–water partition coefficient (Wildman–Crippen LogP) is 3.83. The van der Waals surface area contributed by atoms with Crippen LogP contribution in [0, 0.1) is 11.7 Å². The van der Waals surface area contributed by atoms with Crippen LogP contribution in [0.1, 0.15) is 32.1 Å². The molecule has 0 radical (unpaired) electrons. The second-order valence-electron chi connectivity index (χ2n) is 5.42. The van der Waals surface area contributed by atoms with E-state index in [1.54, 1.807) is 6.07 Å². The zero-order chi connectivity index (χ0) is 12.7. The summed E-state index contributed by atoms with van der Waals surface area (Å²) >= 11 is 5.89. The molecular formula is C14H18ClFN2. The second-order valence-corrected chi connectivity index (χ2v) is 5.83. The molecule has 1 aliphatic heterocycles. The van der Waals surface area contributed by atoms with E-state index in [-0.39, 0.29) is 5.02 Å². The highest BCUT2D eigenvalue weighted by atomic mass is 35.5. The predicted molar refractivity (Wildman–Crippen MR) is 73.5 cm³/mol. The van der Waals surface area contributed by atoms with Gasteiger partial charge in [-0.15, -0.1) is 0 Å². The second kappa shape index (κ2) is 4.61. The van der Waals surface area contributed by atoms with Gasteiger partial charge in [-0.2, -0.15) is 0 Å². The van der Waals surface area contributed by atoms with E-state index in [1.807, 2.05) is 0 Å². The van der Waals surface area contributed by atoms with Crippen LogP contribution in [0.4, 0.5) is 15.8 Å². The molecule has 1 aromatic rings. The highest BCUT2D eigenvalue weighted by molar-refractivity contribution is 6.31. The van der Waals surface area contributed by atoms with Crippen molar-refractivity contribution >= 4 is 23.0 Å². The van der Waals surface area contributed by atoms with Crippen LogP contribution >= 0.6 is 11.6 Å². The topological polar surface area (TPSA) is 29.3 Å². The zero-order valence-electron chi connectivity index (χ0n) is 10.3. The standard InChI is InChI=1S/C14H18ClFN2/c15-10-7-14(12(17)8-11(10)16)18-6-2-4-9-3-1-5-13(9)18/h7-9,13H,1-6,17H2. The van der Waals surface area contributed by atoms with Gasteiger partial charge in [0.2, 0.25) is 0 Å². The van der Waals surface area contributed by atoms with Gasteiger partial charge in [0.05, 0.1) is 16.4 Å². The van der Waals surface area contributed by atoms with Gasteiger partial charge in [-0.05, 0) is 37.7 Å². The lowest BCUT2D eigenvalue weighted by molar-refractivity contribution is 0.362. The fourth-order valence-electron chi connectivity index (χ4n) is 3.55. The number of nitrogen functional groups attached to an aromatic ring is 1. The molecule has 1 aromatic carbocycles. The Morgan fingerprint density at radius 3 is 2.83 bits per heavy atom. The van der Waals surface area contributed by atoms with E-state index in [4.69, 9.17) is 17.3 Å². The number of hydrogen-bond acceptors (Lipinski definition) is 2. The van der Waals surface area contributed by atoms with Gasteiger partial charge in [-0.3, -0.25) is 0 Å². The molecule has 3 rings (SSSR count). The highest BCUT2D eigenvalue weighted by Crippen LogP contribution is 2.41. The number of anilines is 2. The largest absolute Gasteiger partial charge is 0.397 e. The molecule has 0 aromatic heterocycles. The summed E-state index contributed by atoms with van der Waals surface area (Å²) in [5, 5.41) is 0.166. The number of nitrogens with zero attached hydrogens (tertiary/aromatic N) is 1. The van der Waals surface area contributed by atoms with E-state index < -0.39 is 5.82 Å². The first-order valence-corrected chi connectivity index (χ1v) is 7.06. The lowest BCUT2D eigenvalue weighted by atomic mass is 9.91.